The normalized spacial score (nSPS) is 11.4. The van der Waals surface area contributed by atoms with Crippen LogP contribution < -0.4 is 0 Å². The summed E-state index contributed by atoms with van der Waals surface area (Å²) in [5, 5.41) is 6.42. The standard InChI is InChI=1S/C31H24ClFN4O2S/c1-4-39-28(38)14-22-17(2)11-26-30(29(22)18-5-8-21(32)9-6-18)40-31(36-26)23-13-25(34-16-24(23)33)19-7-10-27-20(12-19)15-35-37(27)3/h5-13,15-16H,4,14H2,1-3H3. The molecule has 0 spiro atoms. The van der Waals surface area contributed by atoms with Crippen molar-refractivity contribution in [3.05, 3.63) is 89.0 Å². The number of carbonyl (C=O) groups excluding carboxylic acids is 1. The van der Waals surface area contributed by atoms with Crippen molar-refractivity contribution in [3.8, 4) is 33.0 Å². The number of rotatable bonds is 6. The molecule has 6 aromatic rings. The maximum absolute atomic E-state index is 15.3. The minimum atomic E-state index is -0.457. The maximum atomic E-state index is 15.3. The summed E-state index contributed by atoms with van der Waals surface area (Å²) in [6.45, 7) is 4.04. The average molecular weight is 571 g/mol. The van der Waals surface area contributed by atoms with Crippen molar-refractivity contribution in [1.82, 2.24) is 19.7 Å². The number of halogens is 2. The van der Waals surface area contributed by atoms with E-state index < -0.39 is 5.82 Å². The Labute approximate surface area is 239 Å². The summed E-state index contributed by atoms with van der Waals surface area (Å²) >= 11 is 7.56. The third kappa shape index (κ3) is 4.74. The molecule has 0 aliphatic carbocycles. The van der Waals surface area contributed by atoms with E-state index in [1.807, 2.05) is 62.5 Å². The third-order valence-electron chi connectivity index (χ3n) is 6.90. The molecule has 0 fully saturated rings. The van der Waals surface area contributed by atoms with Crippen LogP contribution in [0.5, 0.6) is 0 Å². The van der Waals surface area contributed by atoms with E-state index in [4.69, 9.17) is 21.3 Å². The SMILES string of the molecule is CCOC(=O)Cc1c(C)cc2nc(-c3cc(-c4ccc5c(cnn5C)c4)ncc3F)sc2c1-c1ccc(Cl)cc1. The van der Waals surface area contributed by atoms with Crippen LogP contribution in [0.2, 0.25) is 5.02 Å². The van der Waals surface area contributed by atoms with Gasteiger partial charge in [0.1, 0.15) is 5.01 Å². The number of esters is 1. The molecule has 3 aromatic heterocycles. The van der Waals surface area contributed by atoms with Crippen LogP contribution in [0, 0.1) is 12.7 Å². The van der Waals surface area contributed by atoms with Crippen LogP contribution in [0.4, 0.5) is 4.39 Å². The lowest BCUT2D eigenvalue weighted by atomic mass is 9.93. The number of benzene rings is 3. The van der Waals surface area contributed by atoms with E-state index in [1.54, 1.807) is 23.9 Å². The first-order valence-electron chi connectivity index (χ1n) is 12.7. The highest BCUT2D eigenvalue weighted by atomic mass is 35.5. The fourth-order valence-corrected chi connectivity index (χ4v) is 6.22. The second-order valence-corrected chi connectivity index (χ2v) is 10.9. The molecular formula is C31H24ClFN4O2S. The third-order valence-corrected chi connectivity index (χ3v) is 8.27. The number of aryl methyl sites for hydroxylation is 2. The number of hydrogen-bond donors (Lipinski definition) is 0. The van der Waals surface area contributed by atoms with Crippen molar-refractivity contribution in [1.29, 1.82) is 0 Å². The molecule has 40 heavy (non-hydrogen) atoms. The molecule has 0 radical (unpaired) electrons. The zero-order valence-corrected chi connectivity index (χ0v) is 23.6. The van der Waals surface area contributed by atoms with Gasteiger partial charge in [-0.3, -0.25) is 14.5 Å². The van der Waals surface area contributed by atoms with Crippen LogP contribution in [-0.2, 0) is 23.0 Å². The van der Waals surface area contributed by atoms with E-state index in [0.717, 1.165) is 48.9 Å². The van der Waals surface area contributed by atoms with Gasteiger partial charge in [0.25, 0.3) is 0 Å². The van der Waals surface area contributed by atoms with Crippen LogP contribution in [0.3, 0.4) is 0 Å². The summed E-state index contributed by atoms with van der Waals surface area (Å²) in [4.78, 5) is 21.8. The number of carbonyl (C=O) groups is 1. The second-order valence-electron chi connectivity index (χ2n) is 9.49. The summed E-state index contributed by atoms with van der Waals surface area (Å²) in [5.74, 6) is -0.762. The van der Waals surface area contributed by atoms with Crippen LogP contribution in [0.15, 0.2) is 67.0 Å². The summed E-state index contributed by atoms with van der Waals surface area (Å²) in [6, 6.07) is 17.1. The minimum absolute atomic E-state index is 0.116. The Morgan fingerprint density at radius 3 is 2.62 bits per heavy atom. The Kier molecular flexibility index (Phi) is 6.82. The molecule has 0 aliphatic heterocycles. The van der Waals surface area contributed by atoms with Gasteiger partial charge in [0.2, 0.25) is 0 Å². The Balaban J connectivity index is 1.51. The highest BCUT2D eigenvalue weighted by Gasteiger charge is 2.21. The number of ether oxygens (including phenoxy) is 1. The highest BCUT2D eigenvalue weighted by Crippen LogP contribution is 2.42. The molecule has 0 N–H and O–H groups in total. The van der Waals surface area contributed by atoms with E-state index in [-0.39, 0.29) is 12.4 Å². The van der Waals surface area contributed by atoms with E-state index in [1.165, 1.54) is 17.5 Å². The van der Waals surface area contributed by atoms with Crippen LogP contribution in [-0.4, -0.2) is 32.3 Å². The summed E-state index contributed by atoms with van der Waals surface area (Å²) < 4.78 is 23.2. The molecule has 0 atom stereocenters. The summed E-state index contributed by atoms with van der Waals surface area (Å²) in [6.07, 6.45) is 3.15. The Hall–Kier alpha value is -4.14. The molecule has 9 heteroatoms. The number of aromatic nitrogens is 4. The molecule has 0 saturated heterocycles. The fraction of sp³-hybridized carbons (Fsp3) is 0.161. The molecule has 6 rings (SSSR count). The lowest BCUT2D eigenvalue weighted by Gasteiger charge is -2.14. The number of thiazole rings is 1. The molecular weight excluding hydrogens is 547 g/mol. The van der Waals surface area contributed by atoms with Crippen molar-refractivity contribution in [3.63, 3.8) is 0 Å². The van der Waals surface area contributed by atoms with Gasteiger partial charge in [-0.1, -0.05) is 29.8 Å². The van der Waals surface area contributed by atoms with Gasteiger partial charge in [0, 0.05) is 34.1 Å². The molecule has 3 heterocycles. The molecule has 0 unspecified atom stereocenters. The van der Waals surface area contributed by atoms with Gasteiger partial charge in [-0.05, 0) is 66.9 Å². The number of nitrogens with zero attached hydrogens (tertiary/aromatic N) is 4. The van der Waals surface area contributed by atoms with Crippen LogP contribution >= 0.6 is 22.9 Å². The Morgan fingerprint density at radius 2 is 1.85 bits per heavy atom. The molecule has 3 aromatic carbocycles. The molecule has 0 bridgehead atoms. The zero-order valence-electron chi connectivity index (χ0n) is 22.0. The molecule has 0 aliphatic rings. The first kappa shape index (κ1) is 26.1. The van der Waals surface area contributed by atoms with E-state index in [0.29, 0.717) is 27.9 Å². The highest BCUT2D eigenvalue weighted by molar-refractivity contribution is 7.22. The first-order chi connectivity index (χ1) is 19.3. The van der Waals surface area contributed by atoms with Gasteiger partial charge >= 0.3 is 5.97 Å². The topological polar surface area (TPSA) is 69.9 Å². The first-order valence-corrected chi connectivity index (χ1v) is 13.9. The van der Waals surface area contributed by atoms with Crippen LogP contribution in [0.1, 0.15) is 18.1 Å². The molecule has 0 amide bonds. The monoisotopic (exact) mass is 570 g/mol. The number of pyridine rings is 1. The van der Waals surface area contributed by atoms with E-state index in [9.17, 15) is 4.79 Å². The van der Waals surface area contributed by atoms with Crippen molar-refractivity contribution < 1.29 is 13.9 Å². The van der Waals surface area contributed by atoms with Gasteiger partial charge in [-0.15, -0.1) is 11.3 Å². The fourth-order valence-electron chi connectivity index (χ4n) is 4.94. The van der Waals surface area contributed by atoms with E-state index in [2.05, 4.69) is 10.1 Å². The number of fused-ring (bicyclic) bond motifs is 2. The maximum Gasteiger partial charge on any atom is 0.310 e. The van der Waals surface area contributed by atoms with Gasteiger partial charge in [-0.2, -0.15) is 5.10 Å². The van der Waals surface area contributed by atoms with Crippen molar-refractivity contribution in [2.45, 2.75) is 20.3 Å². The van der Waals surface area contributed by atoms with Crippen molar-refractivity contribution in [2.24, 2.45) is 7.05 Å². The van der Waals surface area contributed by atoms with Crippen LogP contribution in [0.25, 0.3) is 54.1 Å². The summed E-state index contributed by atoms with van der Waals surface area (Å²) in [5.41, 5.74) is 7.12. The lowest BCUT2D eigenvalue weighted by molar-refractivity contribution is -0.142. The van der Waals surface area contributed by atoms with Crippen molar-refractivity contribution in [2.75, 3.05) is 6.61 Å². The van der Waals surface area contributed by atoms with Gasteiger partial charge in [-0.25, -0.2) is 9.37 Å². The minimum Gasteiger partial charge on any atom is -0.466 e. The Bertz CT molecular complexity index is 1910. The van der Waals surface area contributed by atoms with Gasteiger partial charge < -0.3 is 4.74 Å². The van der Waals surface area contributed by atoms with Gasteiger partial charge in [0.15, 0.2) is 5.82 Å². The Morgan fingerprint density at radius 1 is 1.07 bits per heavy atom. The molecule has 0 saturated carbocycles. The predicted octanol–water partition coefficient (Wildman–Crippen LogP) is 7.79. The zero-order chi connectivity index (χ0) is 28.0. The summed E-state index contributed by atoms with van der Waals surface area (Å²) in [7, 11) is 1.89. The van der Waals surface area contributed by atoms with Gasteiger partial charge in [0.05, 0.1) is 46.8 Å². The van der Waals surface area contributed by atoms with E-state index >= 15 is 4.39 Å². The largest absolute Gasteiger partial charge is 0.466 e. The average Bonchev–Trinajstić information content (AvgIpc) is 3.53. The lowest BCUT2D eigenvalue weighted by Crippen LogP contribution is -2.09. The quantitative estimate of drug-likeness (QED) is 0.191. The molecule has 6 nitrogen and oxygen atoms in total. The second kappa shape index (κ2) is 10.4. The van der Waals surface area contributed by atoms with Crippen molar-refractivity contribution >= 4 is 50.0 Å². The smallest absolute Gasteiger partial charge is 0.310 e. The number of hydrogen-bond acceptors (Lipinski definition) is 6. The predicted molar refractivity (Wildman–Crippen MR) is 158 cm³/mol. The molecule has 200 valence electrons.